The van der Waals surface area contributed by atoms with Gasteiger partial charge < -0.3 is 19.9 Å². The van der Waals surface area contributed by atoms with Gasteiger partial charge in [0.25, 0.3) is 0 Å². The van der Waals surface area contributed by atoms with Crippen LogP contribution in [0.15, 0.2) is 42.5 Å². The lowest BCUT2D eigenvalue weighted by atomic mass is 9.96. The van der Waals surface area contributed by atoms with E-state index < -0.39 is 0 Å². The highest BCUT2D eigenvalue weighted by molar-refractivity contribution is 5.51. The number of ether oxygens (including phenoxy) is 3. The minimum Gasteiger partial charge on any atom is -0.493 e. The topological polar surface area (TPSA) is 53.7 Å². The van der Waals surface area contributed by atoms with Crippen LogP contribution in [0.1, 0.15) is 17.9 Å². The lowest BCUT2D eigenvalue weighted by Gasteiger charge is -2.17. The molecular formula is C18H22FNO3. The van der Waals surface area contributed by atoms with Gasteiger partial charge in [-0.25, -0.2) is 4.39 Å². The summed E-state index contributed by atoms with van der Waals surface area (Å²) >= 11 is 0. The highest BCUT2D eigenvalue weighted by atomic mass is 19.1. The molecular weight excluding hydrogens is 297 g/mol. The Morgan fingerprint density at radius 3 is 2.43 bits per heavy atom. The van der Waals surface area contributed by atoms with Gasteiger partial charge in [0.05, 0.1) is 20.8 Å². The van der Waals surface area contributed by atoms with Gasteiger partial charge in [0.1, 0.15) is 5.82 Å². The largest absolute Gasteiger partial charge is 0.493 e. The fourth-order valence-corrected chi connectivity index (χ4v) is 2.46. The van der Waals surface area contributed by atoms with E-state index in [1.165, 1.54) is 12.1 Å². The molecule has 0 saturated heterocycles. The van der Waals surface area contributed by atoms with Crippen molar-refractivity contribution in [2.45, 2.75) is 12.3 Å². The van der Waals surface area contributed by atoms with Gasteiger partial charge in [-0.1, -0.05) is 18.2 Å². The average molecular weight is 319 g/mol. The molecule has 124 valence electrons. The van der Waals surface area contributed by atoms with Crippen molar-refractivity contribution in [2.75, 3.05) is 27.4 Å². The lowest BCUT2D eigenvalue weighted by molar-refractivity contribution is 0.272. The number of halogens is 1. The van der Waals surface area contributed by atoms with Gasteiger partial charge in [-0.3, -0.25) is 0 Å². The maximum absolute atomic E-state index is 13.3. The summed E-state index contributed by atoms with van der Waals surface area (Å²) in [4.78, 5) is 0. The molecule has 0 aromatic heterocycles. The van der Waals surface area contributed by atoms with Crippen LogP contribution >= 0.6 is 0 Å². The summed E-state index contributed by atoms with van der Waals surface area (Å²) < 4.78 is 29.7. The molecule has 0 spiro atoms. The number of para-hydroxylation sites is 1. The smallest absolute Gasteiger partial charge is 0.203 e. The zero-order valence-corrected chi connectivity index (χ0v) is 13.4. The van der Waals surface area contributed by atoms with Crippen LogP contribution in [0.2, 0.25) is 0 Å². The molecule has 2 N–H and O–H groups in total. The predicted octanol–water partition coefficient (Wildman–Crippen LogP) is 3.35. The quantitative estimate of drug-likeness (QED) is 0.810. The van der Waals surface area contributed by atoms with Gasteiger partial charge in [-0.2, -0.15) is 0 Å². The van der Waals surface area contributed by atoms with E-state index in [9.17, 15) is 4.39 Å². The van der Waals surface area contributed by atoms with Crippen LogP contribution in [0, 0.1) is 5.82 Å². The van der Waals surface area contributed by atoms with Crippen molar-refractivity contribution in [1.82, 2.24) is 0 Å². The molecule has 23 heavy (non-hydrogen) atoms. The zero-order chi connectivity index (χ0) is 16.7. The summed E-state index contributed by atoms with van der Waals surface area (Å²) in [5, 5.41) is 0. The van der Waals surface area contributed by atoms with Crippen LogP contribution < -0.4 is 19.9 Å². The van der Waals surface area contributed by atoms with Crippen LogP contribution in [0.25, 0.3) is 0 Å². The Bertz CT molecular complexity index is 633. The normalized spacial score (nSPS) is 11.8. The Labute approximate surface area is 136 Å². The van der Waals surface area contributed by atoms with Crippen LogP contribution in [0.3, 0.4) is 0 Å². The van der Waals surface area contributed by atoms with Crippen LogP contribution in [0.5, 0.6) is 17.2 Å². The second kappa shape index (κ2) is 8.39. The summed E-state index contributed by atoms with van der Waals surface area (Å²) in [7, 11) is 3.15. The van der Waals surface area contributed by atoms with E-state index in [2.05, 4.69) is 0 Å². The monoisotopic (exact) mass is 319 g/mol. The zero-order valence-electron chi connectivity index (χ0n) is 13.4. The van der Waals surface area contributed by atoms with Crippen LogP contribution in [-0.2, 0) is 0 Å². The number of hydrogen-bond acceptors (Lipinski definition) is 4. The second-order valence-electron chi connectivity index (χ2n) is 5.12. The molecule has 0 amide bonds. The first-order valence-electron chi connectivity index (χ1n) is 7.49. The minimum atomic E-state index is -0.253. The molecule has 0 aliphatic rings. The van der Waals surface area contributed by atoms with Gasteiger partial charge in [0, 0.05) is 0 Å². The number of hydrogen-bond donors (Lipinski definition) is 1. The standard InChI is InChI=1S/C18H22FNO3/c1-21-16-7-4-8-17(18(16)22-2)23-10-9-14(12-20)13-5-3-6-15(19)11-13/h3-8,11,14H,9-10,12,20H2,1-2H3. The molecule has 0 aliphatic carbocycles. The molecule has 0 aliphatic heterocycles. The first kappa shape index (κ1) is 17.1. The summed E-state index contributed by atoms with van der Waals surface area (Å²) in [6.45, 7) is 0.879. The van der Waals surface area contributed by atoms with Crippen molar-refractivity contribution in [1.29, 1.82) is 0 Å². The van der Waals surface area contributed by atoms with E-state index in [1.54, 1.807) is 26.4 Å². The van der Waals surface area contributed by atoms with E-state index in [1.807, 2.05) is 18.2 Å². The molecule has 2 aromatic rings. The molecule has 0 saturated carbocycles. The third kappa shape index (κ3) is 4.36. The predicted molar refractivity (Wildman–Crippen MR) is 87.9 cm³/mol. The first-order chi connectivity index (χ1) is 11.2. The van der Waals surface area contributed by atoms with Crippen molar-refractivity contribution in [2.24, 2.45) is 5.73 Å². The molecule has 0 radical (unpaired) electrons. The maximum Gasteiger partial charge on any atom is 0.203 e. The number of benzene rings is 2. The molecule has 2 rings (SSSR count). The Morgan fingerprint density at radius 2 is 1.78 bits per heavy atom. The number of rotatable bonds is 8. The van der Waals surface area contributed by atoms with Gasteiger partial charge in [-0.15, -0.1) is 0 Å². The summed E-state index contributed by atoms with van der Waals surface area (Å²) in [5.74, 6) is 1.58. The van der Waals surface area contributed by atoms with Crippen molar-refractivity contribution < 1.29 is 18.6 Å². The minimum absolute atomic E-state index is 0.0438. The Kier molecular flexibility index (Phi) is 6.23. The number of methoxy groups -OCH3 is 2. The van der Waals surface area contributed by atoms with E-state index in [0.717, 1.165) is 5.56 Å². The van der Waals surface area contributed by atoms with Crippen molar-refractivity contribution in [3.05, 3.63) is 53.8 Å². The van der Waals surface area contributed by atoms with Gasteiger partial charge in [0.15, 0.2) is 11.5 Å². The maximum atomic E-state index is 13.3. The molecule has 2 aromatic carbocycles. The molecule has 0 heterocycles. The van der Waals surface area contributed by atoms with E-state index in [-0.39, 0.29) is 11.7 Å². The Hall–Kier alpha value is -2.27. The fourth-order valence-electron chi connectivity index (χ4n) is 2.46. The van der Waals surface area contributed by atoms with E-state index in [0.29, 0.717) is 36.8 Å². The van der Waals surface area contributed by atoms with Gasteiger partial charge >= 0.3 is 0 Å². The Morgan fingerprint density at radius 1 is 1.04 bits per heavy atom. The van der Waals surface area contributed by atoms with Crippen LogP contribution in [0.4, 0.5) is 4.39 Å². The molecule has 4 nitrogen and oxygen atoms in total. The van der Waals surface area contributed by atoms with Gasteiger partial charge in [-0.05, 0) is 48.7 Å². The van der Waals surface area contributed by atoms with Gasteiger partial charge in [0.2, 0.25) is 5.75 Å². The summed E-state index contributed by atoms with van der Waals surface area (Å²) in [6, 6.07) is 12.0. The van der Waals surface area contributed by atoms with E-state index >= 15 is 0 Å². The highest BCUT2D eigenvalue weighted by Crippen LogP contribution is 2.36. The van der Waals surface area contributed by atoms with E-state index in [4.69, 9.17) is 19.9 Å². The summed E-state index contributed by atoms with van der Waals surface area (Å²) in [6.07, 6.45) is 0.681. The lowest BCUT2D eigenvalue weighted by Crippen LogP contribution is -2.16. The van der Waals surface area contributed by atoms with Crippen molar-refractivity contribution >= 4 is 0 Å². The molecule has 0 fully saturated rings. The van der Waals surface area contributed by atoms with Crippen molar-refractivity contribution in [3.8, 4) is 17.2 Å². The summed E-state index contributed by atoms with van der Waals surface area (Å²) in [5.41, 5.74) is 6.70. The third-order valence-corrected chi connectivity index (χ3v) is 3.70. The molecule has 1 unspecified atom stereocenters. The molecule has 1 atom stereocenters. The fraction of sp³-hybridized carbons (Fsp3) is 0.333. The molecule has 0 bridgehead atoms. The molecule has 5 heteroatoms. The SMILES string of the molecule is COc1cccc(OCCC(CN)c2cccc(F)c2)c1OC. The first-order valence-corrected chi connectivity index (χ1v) is 7.49. The van der Waals surface area contributed by atoms with Crippen molar-refractivity contribution in [3.63, 3.8) is 0 Å². The number of nitrogens with two attached hydrogens (primary N) is 1. The Balaban J connectivity index is 2.01. The second-order valence-corrected chi connectivity index (χ2v) is 5.12. The van der Waals surface area contributed by atoms with Crippen LogP contribution in [-0.4, -0.2) is 27.4 Å². The third-order valence-electron chi connectivity index (χ3n) is 3.70. The average Bonchev–Trinajstić information content (AvgIpc) is 2.58. The highest BCUT2D eigenvalue weighted by Gasteiger charge is 2.13.